The number of anilines is 2. The molecule has 1 fully saturated rings. The molecule has 0 spiro atoms. The molecule has 4 rings (SSSR count). The molecule has 1 atom stereocenters. The number of para-hydroxylation sites is 1. The number of hydrogen-bond donors (Lipinski definition) is 2. The van der Waals surface area contributed by atoms with Crippen molar-refractivity contribution >= 4 is 28.3 Å². The summed E-state index contributed by atoms with van der Waals surface area (Å²) in [4.78, 5) is 20.8. The third-order valence-electron chi connectivity index (χ3n) is 4.42. The van der Waals surface area contributed by atoms with Crippen LogP contribution in [0.25, 0.3) is 10.9 Å². The van der Waals surface area contributed by atoms with Crippen molar-refractivity contribution in [2.45, 2.75) is 25.5 Å². The van der Waals surface area contributed by atoms with Crippen LogP contribution in [0.4, 0.5) is 11.5 Å². The number of rotatable bonds is 5. The summed E-state index contributed by atoms with van der Waals surface area (Å²) in [6.45, 7) is 1.26. The maximum absolute atomic E-state index is 12.2. The van der Waals surface area contributed by atoms with Gasteiger partial charge in [-0.1, -0.05) is 24.3 Å². The Morgan fingerprint density at radius 1 is 1.15 bits per heavy atom. The van der Waals surface area contributed by atoms with E-state index in [0.717, 1.165) is 40.8 Å². The van der Waals surface area contributed by atoms with E-state index in [9.17, 15) is 4.79 Å². The second kappa shape index (κ2) is 7.49. The predicted molar refractivity (Wildman–Crippen MR) is 101 cm³/mol. The summed E-state index contributed by atoms with van der Waals surface area (Å²) in [6, 6.07) is 15.7. The Hall–Kier alpha value is -2.99. The van der Waals surface area contributed by atoms with E-state index in [0.29, 0.717) is 13.2 Å². The average Bonchev–Trinajstić information content (AvgIpc) is 3.22. The van der Waals surface area contributed by atoms with Gasteiger partial charge < -0.3 is 15.4 Å². The lowest BCUT2D eigenvalue weighted by atomic mass is 10.1. The predicted octanol–water partition coefficient (Wildman–Crippen LogP) is 3.36. The van der Waals surface area contributed by atoms with E-state index in [1.165, 1.54) is 0 Å². The van der Waals surface area contributed by atoms with E-state index < -0.39 is 0 Å². The summed E-state index contributed by atoms with van der Waals surface area (Å²) in [5, 5.41) is 7.27. The summed E-state index contributed by atoms with van der Waals surface area (Å²) >= 11 is 0. The first kappa shape index (κ1) is 16.5. The summed E-state index contributed by atoms with van der Waals surface area (Å²) in [7, 11) is 0. The smallest absolute Gasteiger partial charge is 0.253 e. The van der Waals surface area contributed by atoms with Gasteiger partial charge in [0.2, 0.25) is 0 Å². The fourth-order valence-corrected chi connectivity index (χ4v) is 3.10. The first-order chi connectivity index (χ1) is 12.8. The zero-order valence-electron chi connectivity index (χ0n) is 14.3. The quantitative estimate of drug-likeness (QED) is 0.739. The summed E-state index contributed by atoms with van der Waals surface area (Å²) < 4.78 is 5.42. The highest BCUT2D eigenvalue weighted by molar-refractivity contribution is 5.94. The van der Waals surface area contributed by atoms with Crippen LogP contribution in [0.5, 0.6) is 0 Å². The van der Waals surface area contributed by atoms with Gasteiger partial charge in [-0.25, -0.2) is 9.97 Å². The van der Waals surface area contributed by atoms with Crippen molar-refractivity contribution in [1.29, 1.82) is 0 Å². The molecule has 3 aromatic rings. The lowest BCUT2D eigenvalue weighted by Gasteiger charge is -2.12. The van der Waals surface area contributed by atoms with Crippen LogP contribution in [-0.4, -0.2) is 28.6 Å². The highest BCUT2D eigenvalue weighted by atomic mass is 16.5. The SMILES string of the molecule is O=C(Nc1cccc(CNc2ncnc3ccccc23)c1)C1CCCO1. The van der Waals surface area contributed by atoms with Crippen LogP contribution in [0, 0.1) is 0 Å². The Labute approximate surface area is 151 Å². The summed E-state index contributed by atoms with van der Waals surface area (Å²) in [5.74, 6) is 0.721. The van der Waals surface area contributed by atoms with E-state index in [-0.39, 0.29) is 12.0 Å². The minimum absolute atomic E-state index is 0.0746. The zero-order valence-corrected chi connectivity index (χ0v) is 14.3. The van der Waals surface area contributed by atoms with Crippen molar-refractivity contribution in [1.82, 2.24) is 9.97 Å². The zero-order chi connectivity index (χ0) is 17.8. The maximum Gasteiger partial charge on any atom is 0.253 e. The maximum atomic E-state index is 12.2. The van der Waals surface area contributed by atoms with Crippen LogP contribution in [0.1, 0.15) is 18.4 Å². The molecule has 1 unspecified atom stereocenters. The minimum Gasteiger partial charge on any atom is -0.368 e. The third kappa shape index (κ3) is 3.65. The van der Waals surface area contributed by atoms with Gasteiger partial charge in [-0.05, 0) is 42.7 Å². The Morgan fingerprint density at radius 3 is 2.96 bits per heavy atom. The molecule has 0 aliphatic carbocycles. The molecule has 1 amide bonds. The molecular weight excluding hydrogens is 328 g/mol. The van der Waals surface area contributed by atoms with Gasteiger partial charge in [-0.3, -0.25) is 4.79 Å². The molecule has 2 aromatic carbocycles. The second-order valence-electron chi connectivity index (χ2n) is 6.28. The largest absolute Gasteiger partial charge is 0.368 e. The number of benzene rings is 2. The molecule has 26 heavy (non-hydrogen) atoms. The number of hydrogen-bond acceptors (Lipinski definition) is 5. The third-order valence-corrected chi connectivity index (χ3v) is 4.42. The van der Waals surface area contributed by atoms with E-state index in [1.54, 1.807) is 6.33 Å². The molecule has 6 heteroatoms. The molecule has 0 bridgehead atoms. The van der Waals surface area contributed by atoms with Gasteiger partial charge in [-0.15, -0.1) is 0 Å². The fraction of sp³-hybridized carbons (Fsp3) is 0.250. The minimum atomic E-state index is -0.329. The summed E-state index contributed by atoms with van der Waals surface area (Å²) in [5.41, 5.74) is 2.73. The Morgan fingerprint density at radius 2 is 2.08 bits per heavy atom. The van der Waals surface area contributed by atoms with Gasteiger partial charge in [0.15, 0.2) is 0 Å². The first-order valence-electron chi connectivity index (χ1n) is 8.74. The number of fused-ring (bicyclic) bond motifs is 1. The molecular formula is C20H20N4O2. The number of aromatic nitrogens is 2. The van der Waals surface area contributed by atoms with Crippen LogP contribution in [-0.2, 0) is 16.1 Å². The van der Waals surface area contributed by atoms with Crippen molar-refractivity contribution in [2.75, 3.05) is 17.2 Å². The normalized spacial score (nSPS) is 16.5. The molecule has 0 saturated carbocycles. The van der Waals surface area contributed by atoms with E-state index in [2.05, 4.69) is 20.6 Å². The Bertz CT molecular complexity index is 917. The number of carbonyl (C=O) groups is 1. The molecule has 1 aromatic heterocycles. The van der Waals surface area contributed by atoms with Gasteiger partial charge in [-0.2, -0.15) is 0 Å². The van der Waals surface area contributed by atoms with Crippen LogP contribution >= 0.6 is 0 Å². The Balaban J connectivity index is 1.44. The standard InChI is InChI=1S/C20H20N4O2/c25-20(18-9-4-10-26-18)24-15-6-3-5-14(11-15)12-21-19-16-7-1-2-8-17(16)22-13-23-19/h1-3,5-8,11,13,18H,4,9-10,12H2,(H,24,25)(H,21,22,23). The van der Waals surface area contributed by atoms with Gasteiger partial charge in [0.1, 0.15) is 18.2 Å². The molecule has 0 radical (unpaired) electrons. The van der Waals surface area contributed by atoms with Crippen molar-refractivity contribution in [2.24, 2.45) is 0 Å². The van der Waals surface area contributed by atoms with E-state index in [1.807, 2.05) is 48.5 Å². The van der Waals surface area contributed by atoms with Gasteiger partial charge in [0.25, 0.3) is 5.91 Å². The molecule has 2 heterocycles. The van der Waals surface area contributed by atoms with Crippen LogP contribution < -0.4 is 10.6 Å². The number of amides is 1. The molecule has 6 nitrogen and oxygen atoms in total. The average molecular weight is 348 g/mol. The monoisotopic (exact) mass is 348 g/mol. The van der Waals surface area contributed by atoms with E-state index >= 15 is 0 Å². The number of carbonyl (C=O) groups excluding carboxylic acids is 1. The number of nitrogens with one attached hydrogen (secondary N) is 2. The highest BCUT2D eigenvalue weighted by Gasteiger charge is 2.23. The van der Waals surface area contributed by atoms with E-state index in [4.69, 9.17) is 4.74 Å². The molecule has 1 aliphatic rings. The van der Waals surface area contributed by atoms with Gasteiger partial charge in [0, 0.05) is 24.2 Å². The number of nitrogens with zero attached hydrogens (tertiary/aromatic N) is 2. The fourth-order valence-electron chi connectivity index (χ4n) is 3.10. The highest BCUT2D eigenvalue weighted by Crippen LogP contribution is 2.20. The topological polar surface area (TPSA) is 76.1 Å². The molecule has 2 N–H and O–H groups in total. The lowest BCUT2D eigenvalue weighted by molar-refractivity contribution is -0.124. The van der Waals surface area contributed by atoms with Crippen LogP contribution in [0.3, 0.4) is 0 Å². The number of ether oxygens (including phenoxy) is 1. The van der Waals surface area contributed by atoms with Crippen molar-refractivity contribution in [3.8, 4) is 0 Å². The lowest BCUT2D eigenvalue weighted by Crippen LogP contribution is -2.26. The first-order valence-corrected chi connectivity index (χ1v) is 8.74. The van der Waals surface area contributed by atoms with Gasteiger partial charge in [0.05, 0.1) is 5.52 Å². The van der Waals surface area contributed by atoms with Crippen LogP contribution in [0.15, 0.2) is 54.9 Å². The van der Waals surface area contributed by atoms with Crippen molar-refractivity contribution in [3.63, 3.8) is 0 Å². The molecule has 132 valence electrons. The van der Waals surface area contributed by atoms with Crippen LogP contribution in [0.2, 0.25) is 0 Å². The van der Waals surface area contributed by atoms with Crippen molar-refractivity contribution in [3.05, 3.63) is 60.4 Å². The summed E-state index contributed by atoms with van der Waals surface area (Å²) in [6.07, 6.45) is 2.95. The van der Waals surface area contributed by atoms with Gasteiger partial charge >= 0.3 is 0 Å². The molecule has 1 saturated heterocycles. The Kier molecular flexibility index (Phi) is 4.75. The van der Waals surface area contributed by atoms with Crippen molar-refractivity contribution < 1.29 is 9.53 Å². The molecule has 1 aliphatic heterocycles. The second-order valence-corrected chi connectivity index (χ2v) is 6.28.